The molecule has 2 N–H and O–H groups in total. The van der Waals surface area contributed by atoms with Crippen molar-refractivity contribution in [1.29, 1.82) is 0 Å². The Labute approximate surface area is 205 Å². The Kier molecular flexibility index (Phi) is 9.06. The summed E-state index contributed by atoms with van der Waals surface area (Å²) < 4.78 is 18.7. The molecule has 9 heteroatoms. The first-order valence-corrected chi connectivity index (χ1v) is 11.9. The molecule has 8 nitrogen and oxygen atoms in total. The zero-order valence-electron chi connectivity index (χ0n) is 20.1. The third-order valence-electron chi connectivity index (χ3n) is 5.39. The number of unbranched alkanes of at least 4 members (excludes halogenated alkanes) is 1. The van der Waals surface area contributed by atoms with Crippen LogP contribution in [-0.4, -0.2) is 51.9 Å². The van der Waals surface area contributed by atoms with Crippen LogP contribution in [-0.2, 0) is 11.3 Å². The average molecular weight is 488 g/mol. The van der Waals surface area contributed by atoms with Crippen LogP contribution in [0.1, 0.15) is 50.7 Å². The van der Waals surface area contributed by atoms with E-state index in [1.54, 1.807) is 17.7 Å². The number of phenols is 2. The van der Waals surface area contributed by atoms with Crippen molar-refractivity contribution in [2.75, 3.05) is 26.9 Å². The first kappa shape index (κ1) is 25.7. The van der Waals surface area contributed by atoms with Gasteiger partial charge in [-0.2, -0.15) is 0 Å². The second-order valence-corrected chi connectivity index (χ2v) is 8.72. The van der Waals surface area contributed by atoms with Gasteiger partial charge >= 0.3 is 0 Å². The van der Waals surface area contributed by atoms with E-state index in [0.717, 1.165) is 18.4 Å². The van der Waals surface area contributed by atoms with Gasteiger partial charge in [-0.15, -0.1) is 22.8 Å². The maximum absolute atomic E-state index is 10.5. The fourth-order valence-corrected chi connectivity index (χ4v) is 3.71. The van der Waals surface area contributed by atoms with Crippen molar-refractivity contribution >= 4 is 12.6 Å². The van der Waals surface area contributed by atoms with Gasteiger partial charge in [-0.25, -0.2) is 0 Å². The van der Waals surface area contributed by atoms with Gasteiger partial charge in [0.25, 0.3) is 0 Å². The minimum atomic E-state index is -0.0767. The maximum Gasteiger partial charge on any atom is 0.188 e. The Morgan fingerprint density at radius 1 is 0.971 bits per heavy atom. The molecule has 184 valence electrons. The quantitative estimate of drug-likeness (QED) is 0.244. The van der Waals surface area contributed by atoms with Gasteiger partial charge in [0.05, 0.1) is 25.3 Å². The molecule has 0 amide bonds. The van der Waals surface area contributed by atoms with Gasteiger partial charge in [0, 0.05) is 13.2 Å². The van der Waals surface area contributed by atoms with Gasteiger partial charge in [-0.1, -0.05) is 33.3 Å². The van der Waals surface area contributed by atoms with Crippen LogP contribution in [0.25, 0.3) is 11.4 Å². The van der Waals surface area contributed by atoms with E-state index in [1.807, 2.05) is 32.0 Å². The Morgan fingerprint density at radius 2 is 1.74 bits per heavy atom. The lowest BCUT2D eigenvalue weighted by molar-refractivity contribution is 0.143. The molecule has 0 spiro atoms. The van der Waals surface area contributed by atoms with Gasteiger partial charge in [0.15, 0.2) is 22.5 Å². The first-order valence-electron chi connectivity index (χ1n) is 11.4. The zero-order chi connectivity index (χ0) is 24.7. The van der Waals surface area contributed by atoms with Crippen LogP contribution in [0, 0.1) is 0 Å². The lowest BCUT2D eigenvalue weighted by atomic mass is 9.98. The summed E-state index contributed by atoms with van der Waals surface area (Å²) in [5.74, 6) is 1.81. The van der Waals surface area contributed by atoms with E-state index in [0.29, 0.717) is 60.0 Å². The number of hydrogen-bond donors (Lipinski definition) is 3. The third kappa shape index (κ3) is 6.15. The normalized spacial score (nSPS) is 11.2. The van der Waals surface area contributed by atoms with Crippen LogP contribution >= 0.6 is 12.6 Å². The molecule has 0 fully saturated rings. The third-order valence-corrected chi connectivity index (χ3v) is 5.72. The van der Waals surface area contributed by atoms with Crippen molar-refractivity contribution in [3.63, 3.8) is 0 Å². The van der Waals surface area contributed by atoms with Crippen LogP contribution in [0.4, 0.5) is 0 Å². The van der Waals surface area contributed by atoms with E-state index in [2.05, 4.69) is 29.7 Å². The van der Waals surface area contributed by atoms with E-state index in [4.69, 9.17) is 14.2 Å². The molecule has 0 aliphatic rings. The van der Waals surface area contributed by atoms with E-state index >= 15 is 0 Å². The Hall–Kier alpha value is -2.91. The number of methoxy groups -OCH3 is 1. The molecule has 1 aromatic heterocycles. The predicted octanol–water partition coefficient (Wildman–Crippen LogP) is 5.02. The molecule has 0 bridgehead atoms. The lowest BCUT2D eigenvalue weighted by Crippen LogP contribution is -2.08. The molecule has 3 aromatic rings. The fraction of sp³-hybridized carbons (Fsp3) is 0.440. The van der Waals surface area contributed by atoms with Crippen molar-refractivity contribution in [3.8, 4) is 34.4 Å². The van der Waals surface area contributed by atoms with E-state index in [9.17, 15) is 10.2 Å². The Bertz CT molecular complexity index is 1100. The standard InChI is InChI=1S/C25H33N3O5S/c1-5-6-9-32-22-8-7-17(12-23(22)33-11-10-31-4)15-28-24(26-27-25(28)34)19-13-18(16(2)3)20(29)14-21(19)30/h7-8,12-14,16,29-30H,5-6,9-11,15H2,1-4H3,(H,27,34). The molecule has 0 radical (unpaired) electrons. The monoisotopic (exact) mass is 487 g/mol. The molecule has 2 aromatic carbocycles. The SMILES string of the molecule is CCCCOc1ccc(Cn2c(S)nnc2-c2cc(C(C)C)c(O)cc2O)cc1OCCOC. The molecule has 34 heavy (non-hydrogen) atoms. The minimum absolute atomic E-state index is 0.0462. The number of rotatable bonds is 12. The lowest BCUT2D eigenvalue weighted by Gasteiger charge is -2.16. The number of hydrogen-bond acceptors (Lipinski definition) is 8. The Morgan fingerprint density at radius 3 is 2.44 bits per heavy atom. The summed E-state index contributed by atoms with van der Waals surface area (Å²) in [4.78, 5) is 0. The van der Waals surface area contributed by atoms with Crippen molar-refractivity contribution in [2.45, 2.75) is 51.2 Å². The van der Waals surface area contributed by atoms with Crippen LogP contribution in [0.15, 0.2) is 35.5 Å². The van der Waals surface area contributed by atoms with Crippen LogP contribution in [0.5, 0.6) is 23.0 Å². The minimum Gasteiger partial charge on any atom is -0.508 e. The predicted molar refractivity (Wildman–Crippen MR) is 133 cm³/mol. The highest BCUT2D eigenvalue weighted by molar-refractivity contribution is 7.80. The molecule has 0 aliphatic carbocycles. The molecule has 1 heterocycles. The number of phenolic OH excluding ortho intramolecular Hbond substituents is 2. The van der Waals surface area contributed by atoms with E-state index < -0.39 is 0 Å². The molecule has 0 aliphatic heterocycles. The van der Waals surface area contributed by atoms with Crippen molar-refractivity contribution in [1.82, 2.24) is 14.8 Å². The smallest absolute Gasteiger partial charge is 0.188 e. The van der Waals surface area contributed by atoms with Crippen LogP contribution in [0.2, 0.25) is 0 Å². The van der Waals surface area contributed by atoms with E-state index in [-0.39, 0.29) is 17.4 Å². The number of aromatic hydroxyl groups is 2. The zero-order valence-corrected chi connectivity index (χ0v) is 21.0. The van der Waals surface area contributed by atoms with Crippen LogP contribution < -0.4 is 9.47 Å². The number of ether oxygens (including phenoxy) is 3. The summed E-state index contributed by atoms with van der Waals surface area (Å²) in [5, 5.41) is 29.5. The highest BCUT2D eigenvalue weighted by Gasteiger charge is 2.20. The number of benzene rings is 2. The summed E-state index contributed by atoms with van der Waals surface area (Å²) in [6, 6.07) is 8.85. The maximum atomic E-state index is 10.5. The van der Waals surface area contributed by atoms with Crippen molar-refractivity contribution in [2.24, 2.45) is 0 Å². The van der Waals surface area contributed by atoms with Gasteiger partial charge in [0.1, 0.15) is 18.1 Å². The highest BCUT2D eigenvalue weighted by Crippen LogP contribution is 2.38. The summed E-state index contributed by atoms with van der Waals surface area (Å²) in [6.45, 7) is 7.94. The number of aromatic nitrogens is 3. The first-order chi connectivity index (χ1) is 16.3. The Balaban J connectivity index is 1.94. The highest BCUT2D eigenvalue weighted by atomic mass is 32.1. The van der Waals surface area contributed by atoms with Gasteiger partial charge < -0.3 is 24.4 Å². The summed E-state index contributed by atoms with van der Waals surface area (Å²) in [5.41, 5.74) is 2.12. The molecule has 0 saturated heterocycles. The molecule has 3 rings (SSSR count). The van der Waals surface area contributed by atoms with Gasteiger partial charge in [-0.05, 0) is 41.7 Å². The topological polar surface area (TPSA) is 98.9 Å². The molecular weight excluding hydrogens is 454 g/mol. The molecule has 0 atom stereocenters. The summed E-state index contributed by atoms with van der Waals surface area (Å²) in [6.07, 6.45) is 2.00. The second-order valence-electron chi connectivity index (χ2n) is 8.32. The van der Waals surface area contributed by atoms with E-state index in [1.165, 1.54) is 6.07 Å². The largest absolute Gasteiger partial charge is 0.508 e. The average Bonchev–Trinajstić information content (AvgIpc) is 3.15. The number of nitrogens with zero attached hydrogens (tertiary/aromatic N) is 3. The van der Waals surface area contributed by atoms with Crippen molar-refractivity contribution < 1.29 is 24.4 Å². The fourth-order valence-electron chi connectivity index (χ4n) is 3.50. The number of thiol groups is 1. The van der Waals surface area contributed by atoms with Gasteiger partial charge in [-0.3, -0.25) is 4.57 Å². The second kappa shape index (κ2) is 12.0. The summed E-state index contributed by atoms with van der Waals surface area (Å²) >= 11 is 4.48. The molecule has 0 saturated carbocycles. The molecular formula is C25H33N3O5S. The summed E-state index contributed by atoms with van der Waals surface area (Å²) in [7, 11) is 1.63. The van der Waals surface area contributed by atoms with Gasteiger partial charge in [0.2, 0.25) is 0 Å². The molecule has 0 unspecified atom stereocenters. The van der Waals surface area contributed by atoms with Crippen molar-refractivity contribution in [3.05, 3.63) is 41.5 Å². The van der Waals surface area contributed by atoms with Crippen LogP contribution in [0.3, 0.4) is 0 Å².